The first kappa shape index (κ1) is 9.95. The second-order valence-electron chi connectivity index (χ2n) is 4.86. The SMILES string of the molecule is CCC1CCCC2(CC=CCC2)C1=O. The molecule has 0 N–H and O–H groups in total. The fourth-order valence-corrected chi connectivity index (χ4v) is 3.10. The fraction of sp³-hybridized carbons (Fsp3) is 0.769. The smallest absolute Gasteiger partial charge is 0.142 e. The van der Waals surface area contributed by atoms with Gasteiger partial charge in [0.25, 0.3) is 0 Å². The van der Waals surface area contributed by atoms with E-state index in [2.05, 4.69) is 19.1 Å². The molecule has 0 radical (unpaired) electrons. The van der Waals surface area contributed by atoms with Gasteiger partial charge >= 0.3 is 0 Å². The molecule has 14 heavy (non-hydrogen) atoms. The van der Waals surface area contributed by atoms with Crippen LogP contribution in [0, 0.1) is 11.3 Å². The molecule has 0 heterocycles. The van der Waals surface area contributed by atoms with Crippen molar-refractivity contribution in [2.45, 2.75) is 51.9 Å². The number of ketones is 1. The third kappa shape index (κ3) is 1.53. The van der Waals surface area contributed by atoms with Gasteiger partial charge in [-0.1, -0.05) is 25.5 Å². The van der Waals surface area contributed by atoms with Crippen LogP contribution >= 0.6 is 0 Å². The molecule has 0 saturated heterocycles. The van der Waals surface area contributed by atoms with Crippen molar-refractivity contribution >= 4 is 5.78 Å². The standard InChI is InChI=1S/C13H20O/c1-2-11-7-6-10-13(12(11)14)8-4-3-5-9-13/h3-4,11H,2,5-10H2,1H3. The van der Waals surface area contributed by atoms with Gasteiger partial charge < -0.3 is 0 Å². The molecular formula is C13H20O. The summed E-state index contributed by atoms with van der Waals surface area (Å²) >= 11 is 0. The van der Waals surface area contributed by atoms with Crippen LogP contribution in [0.1, 0.15) is 51.9 Å². The summed E-state index contributed by atoms with van der Waals surface area (Å²) in [6.45, 7) is 2.15. The van der Waals surface area contributed by atoms with Crippen LogP contribution in [0.4, 0.5) is 0 Å². The molecule has 78 valence electrons. The molecule has 1 nitrogen and oxygen atoms in total. The van der Waals surface area contributed by atoms with Gasteiger partial charge in [-0.05, 0) is 38.5 Å². The van der Waals surface area contributed by atoms with Crippen molar-refractivity contribution in [2.75, 3.05) is 0 Å². The number of allylic oxidation sites excluding steroid dienone is 2. The van der Waals surface area contributed by atoms with Crippen LogP contribution < -0.4 is 0 Å². The Labute approximate surface area is 86.6 Å². The number of rotatable bonds is 1. The fourth-order valence-electron chi connectivity index (χ4n) is 3.10. The zero-order valence-corrected chi connectivity index (χ0v) is 9.09. The summed E-state index contributed by atoms with van der Waals surface area (Å²) in [5.74, 6) is 0.950. The average Bonchev–Trinajstić information content (AvgIpc) is 2.24. The van der Waals surface area contributed by atoms with E-state index in [-0.39, 0.29) is 5.41 Å². The summed E-state index contributed by atoms with van der Waals surface area (Å²) < 4.78 is 0. The summed E-state index contributed by atoms with van der Waals surface area (Å²) in [6, 6.07) is 0. The van der Waals surface area contributed by atoms with Crippen LogP contribution in [0.3, 0.4) is 0 Å². The first-order valence-corrected chi connectivity index (χ1v) is 5.98. The summed E-state index contributed by atoms with van der Waals surface area (Å²) in [6.07, 6.45) is 12.3. The van der Waals surface area contributed by atoms with Crippen LogP contribution in [0.25, 0.3) is 0 Å². The molecule has 2 atom stereocenters. The first-order valence-electron chi connectivity index (χ1n) is 5.98. The molecule has 0 bridgehead atoms. The topological polar surface area (TPSA) is 17.1 Å². The van der Waals surface area contributed by atoms with Gasteiger partial charge in [-0.3, -0.25) is 4.79 Å². The highest BCUT2D eigenvalue weighted by atomic mass is 16.1. The van der Waals surface area contributed by atoms with Gasteiger partial charge in [-0.15, -0.1) is 0 Å². The lowest BCUT2D eigenvalue weighted by molar-refractivity contribution is -0.137. The zero-order valence-electron chi connectivity index (χ0n) is 9.09. The highest BCUT2D eigenvalue weighted by Gasteiger charge is 2.43. The quantitative estimate of drug-likeness (QED) is 0.581. The van der Waals surface area contributed by atoms with Gasteiger partial charge in [0.1, 0.15) is 5.78 Å². The molecule has 1 heteroatoms. The van der Waals surface area contributed by atoms with Crippen LogP contribution in [0.5, 0.6) is 0 Å². The van der Waals surface area contributed by atoms with Crippen molar-refractivity contribution in [3.63, 3.8) is 0 Å². The molecule has 0 amide bonds. The van der Waals surface area contributed by atoms with E-state index in [0.717, 1.165) is 38.5 Å². The normalized spacial score (nSPS) is 37.8. The summed E-state index contributed by atoms with van der Waals surface area (Å²) in [5.41, 5.74) is 0.0632. The molecule has 2 unspecified atom stereocenters. The Hall–Kier alpha value is -0.590. The molecule has 2 aliphatic rings. The van der Waals surface area contributed by atoms with Gasteiger partial charge in [-0.2, -0.15) is 0 Å². The molecule has 1 spiro atoms. The summed E-state index contributed by atoms with van der Waals surface area (Å²) in [4.78, 5) is 12.3. The predicted molar refractivity (Wildman–Crippen MR) is 58.1 cm³/mol. The Bertz CT molecular complexity index is 254. The first-order chi connectivity index (χ1) is 6.78. The van der Waals surface area contributed by atoms with E-state index in [1.54, 1.807) is 0 Å². The minimum absolute atomic E-state index is 0.0632. The van der Waals surface area contributed by atoms with Crippen molar-refractivity contribution in [3.8, 4) is 0 Å². The largest absolute Gasteiger partial charge is 0.299 e. The third-order valence-electron chi connectivity index (χ3n) is 4.06. The lowest BCUT2D eigenvalue weighted by Gasteiger charge is -2.40. The van der Waals surface area contributed by atoms with Gasteiger partial charge in [0, 0.05) is 11.3 Å². The van der Waals surface area contributed by atoms with Crippen molar-refractivity contribution < 1.29 is 4.79 Å². The zero-order chi connectivity index (χ0) is 10.0. The maximum absolute atomic E-state index is 12.3. The van der Waals surface area contributed by atoms with Crippen LogP contribution in [0.2, 0.25) is 0 Å². The molecule has 2 rings (SSSR count). The van der Waals surface area contributed by atoms with Crippen LogP contribution in [-0.2, 0) is 4.79 Å². The van der Waals surface area contributed by atoms with Gasteiger partial charge in [0.15, 0.2) is 0 Å². The lowest BCUT2D eigenvalue weighted by Crippen LogP contribution is -2.40. The van der Waals surface area contributed by atoms with Crippen molar-refractivity contribution in [3.05, 3.63) is 12.2 Å². The minimum atomic E-state index is 0.0632. The van der Waals surface area contributed by atoms with E-state index in [0.29, 0.717) is 11.7 Å². The number of carbonyl (C=O) groups excluding carboxylic acids is 1. The summed E-state index contributed by atoms with van der Waals surface area (Å²) in [5, 5.41) is 0. The van der Waals surface area contributed by atoms with E-state index in [1.165, 1.54) is 6.42 Å². The Kier molecular flexibility index (Phi) is 2.76. The molecule has 0 aromatic rings. The van der Waals surface area contributed by atoms with Crippen molar-refractivity contribution in [2.24, 2.45) is 11.3 Å². The van der Waals surface area contributed by atoms with Gasteiger partial charge in [-0.25, -0.2) is 0 Å². The lowest BCUT2D eigenvalue weighted by atomic mass is 9.62. The Balaban J connectivity index is 2.17. The molecule has 1 saturated carbocycles. The highest BCUT2D eigenvalue weighted by Crippen LogP contribution is 2.45. The van der Waals surface area contributed by atoms with Crippen molar-refractivity contribution in [1.29, 1.82) is 0 Å². The minimum Gasteiger partial charge on any atom is -0.299 e. The molecule has 0 aromatic carbocycles. The average molecular weight is 192 g/mol. The molecule has 2 aliphatic carbocycles. The van der Waals surface area contributed by atoms with Crippen LogP contribution in [0.15, 0.2) is 12.2 Å². The number of Topliss-reactive ketones (excluding diaryl/α,β-unsaturated/α-hetero) is 1. The van der Waals surface area contributed by atoms with Gasteiger partial charge in [0.2, 0.25) is 0 Å². The number of carbonyl (C=O) groups is 1. The second kappa shape index (κ2) is 3.88. The molecule has 0 aromatic heterocycles. The Morgan fingerprint density at radius 3 is 2.93 bits per heavy atom. The van der Waals surface area contributed by atoms with E-state index < -0.39 is 0 Å². The van der Waals surface area contributed by atoms with E-state index in [4.69, 9.17) is 0 Å². The molecular weight excluding hydrogens is 172 g/mol. The maximum Gasteiger partial charge on any atom is 0.142 e. The molecule has 0 aliphatic heterocycles. The summed E-state index contributed by atoms with van der Waals surface area (Å²) in [7, 11) is 0. The van der Waals surface area contributed by atoms with E-state index >= 15 is 0 Å². The van der Waals surface area contributed by atoms with Gasteiger partial charge in [0.05, 0.1) is 0 Å². The van der Waals surface area contributed by atoms with E-state index in [1.807, 2.05) is 0 Å². The maximum atomic E-state index is 12.3. The monoisotopic (exact) mass is 192 g/mol. The highest BCUT2D eigenvalue weighted by molar-refractivity contribution is 5.88. The Morgan fingerprint density at radius 1 is 1.43 bits per heavy atom. The predicted octanol–water partition coefficient (Wildman–Crippen LogP) is 3.49. The van der Waals surface area contributed by atoms with E-state index in [9.17, 15) is 4.79 Å². The Morgan fingerprint density at radius 2 is 2.29 bits per heavy atom. The third-order valence-corrected chi connectivity index (χ3v) is 4.06. The molecule has 1 fully saturated rings. The second-order valence-corrected chi connectivity index (χ2v) is 4.86. The van der Waals surface area contributed by atoms with Crippen LogP contribution in [-0.4, -0.2) is 5.78 Å². The number of hydrogen-bond donors (Lipinski definition) is 0. The number of hydrogen-bond acceptors (Lipinski definition) is 1. The van der Waals surface area contributed by atoms with Crippen molar-refractivity contribution in [1.82, 2.24) is 0 Å².